The number of aliphatic carboxylic acids is 1. The van der Waals surface area contributed by atoms with Crippen LogP contribution >= 0.6 is 0 Å². The number of carboxylic acid groups (broad SMARTS) is 1. The number of aryl methyl sites for hydroxylation is 1. The van der Waals surface area contributed by atoms with Gasteiger partial charge in [-0.2, -0.15) is 0 Å². The molecule has 0 amide bonds. The summed E-state index contributed by atoms with van der Waals surface area (Å²) in [4.78, 5) is 10.7. The van der Waals surface area contributed by atoms with Crippen LogP contribution in [0.5, 0.6) is 0 Å². The van der Waals surface area contributed by atoms with Gasteiger partial charge in [0.1, 0.15) is 5.92 Å². The predicted octanol–water partition coefficient (Wildman–Crippen LogP) is 1.80. The SMILES string of the molecule is C#CC(C(=O)O)c1ccc(C)cc1. The van der Waals surface area contributed by atoms with Crippen molar-refractivity contribution in [3.8, 4) is 12.3 Å². The van der Waals surface area contributed by atoms with Crippen LogP contribution in [0.2, 0.25) is 0 Å². The van der Waals surface area contributed by atoms with Crippen molar-refractivity contribution in [1.29, 1.82) is 0 Å². The molecule has 2 heteroatoms. The highest BCUT2D eigenvalue weighted by Crippen LogP contribution is 2.15. The molecule has 1 atom stereocenters. The second kappa shape index (κ2) is 3.77. The average molecular weight is 174 g/mol. The van der Waals surface area contributed by atoms with E-state index in [1.165, 1.54) is 0 Å². The van der Waals surface area contributed by atoms with Crippen LogP contribution in [0.15, 0.2) is 24.3 Å². The van der Waals surface area contributed by atoms with E-state index in [9.17, 15) is 4.79 Å². The highest BCUT2D eigenvalue weighted by atomic mass is 16.4. The van der Waals surface area contributed by atoms with Crippen LogP contribution in [0.1, 0.15) is 17.0 Å². The van der Waals surface area contributed by atoms with Crippen LogP contribution in [-0.4, -0.2) is 11.1 Å². The minimum absolute atomic E-state index is 0.653. The molecule has 0 saturated heterocycles. The molecule has 66 valence electrons. The van der Waals surface area contributed by atoms with Gasteiger partial charge in [-0.15, -0.1) is 6.42 Å². The Morgan fingerprint density at radius 1 is 1.46 bits per heavy atom. The molecule has 0 aliphatic carbocycles. The summed E-state index contributed by atoms with van der Waals surface area (Å²) in [7, 11) is 0. The number of hydrogen-bond donors (Lipinski definition) is 1. The van der Waals surface area contributed by atoms with E-state index in [-0.39, 0.29) is 0 Å². The fourth-order valence-electron chi connectivity index (χ4n) is 1.07. The van der Waals surface area contributed by atoms with Gasteiger partial charge in [0.25, 0.3) is 0 Å². The smallest absolute Gasteiger partial charge is 0.323 e. The number of terminal acetylenes is 1. The van der Waals surface area contributed by atoms with E-state index >= 15 is 0 Å². The summed E-state index contributed by atoms with van der Waals surface area (Å²) < 4.78 is 0. The first-order valence-corrected chi connectivity index (χ1v) is 3.90. The molecule has 0 heterocycles. The summed E-state index contributed by atoms with van der Waals surface area (Å²) >= 11 is 0. The molecule has 13 heavy (non-hydrogen) atoms. The second-order valence-electron chi connectivity index (χ2n) is 2.85. The zero-order chi connectivity index (χ0) is 9.84. The molecular formula is C11H10O2. The molecule has 0 spiro atoms. The van der Waals surface area contributed by atoms with Crippen molar-refractivity contribution in [2.45, 2.75) is 12.8 Å². The van der Waals surface area contributed by atoms with Crippen molar-refractivity contribution in [3.05, 3.63) is 35.4 Å². The molecular weight excluding hydrogens is 164 g/mol. The average Bonchev–Trinajstić information content (AvgIpc) is 2.09. The van der Waals surface area contributed by atoms with E-state index in [1.807, 2.05) is 19.1 Å². The minimum atomic E-state index is -0.980. The fraction of sp³-hybridized carbons (Fsp3) is 0.182. The maximum Gasteiger partial charge on any atom is 0.323 e. The van der Waals surface area contributed by atoms with E-state index in [0.717, 1.165) is 5.56 Å². The van der Waals surface area contributed by atoms with E-state index in [0.29, 0.717) is 5.56 Å². The molecule has 1 unspecified atom stereocenters. The van der Waals surface area contributed by atoms with Crippen LogP contribution in [0, 0.1) is 19.3 Å². The Morgan fingerprint density at radius 3 is 2.38 bits per heavy atom. The molecule has 1 N–H and O–H groups in total. The molecule has 0 aliphatic rings. The molecule has 1 aromatic carbocycles. The van der Waals surface area contributed by atoms with E-state index in [4.69, 9.17) is 11.5 Å². The fourth-order valence-corrected chi connectivity index (χ4v) is 1.07. The van der Waals surface area contributed by atoms with Gasteiger partial charge in [0.15, 0.2) is 0 Å². The standard InChI is InChI=1S/C11H10O2/c1-3-10(11(12)13)9-6-4-8(2)5-7-9/h1,4-7,10H,2H3,(H,12,13). The molecule has 0 bridgehead atoms. The summed E-state index contributed by atoms with van der Waals surface area (Å²) in [6, 6.07) is 7.19. The summed E-state index contributed by atoms with van der Waals surface area (Å²) in [6.45, 7) is 1.94. The van der Waals surface area contributed by atoms with Gasteiger partial charge in [-0.05, 0) is 12.5 Å². The van der Waals surface area contributed by atoms with Gasteiger partial charge in [0.2, 0.25) is 0 Å². The zero-order valence-electron chi connectivity index (χ0n) is 7.32. The van der Waals surface area contributed by atoms with Gasteiger partial charge < -0.3 is 5.11 Å². The quantitative estimate of drug-likeness (QED) is 0.694. The Balaban J connectivity index is 3.01. The molecule has 0 aromatic heterocycles. The van der Waals surface area contributed by atoms with Crippen LogP contribution in [0.3, 0.4) is 0 Å². The Hall–Kier alpha value is -1.75. The highest BCUT2D eigenvalue weighted by molar-refractivity contribution is 5.79. The topological polar surface area (TPSA) is 37.3 Å². The van der Waals surface area contributed by atoms with Crippen molar-refractivity contribution in [2.75, 3.05) is 0 Å². The molecule has 1 aromatic rings. The molecule has 0 saturated carbocycles. The van der Waals surface area contributed by atoms with Crippen molar-refractivity contribution < 1.29 is 9.90 Å². The summed E-state index contributed by atoms with van der Waals surface area (Å²) in [5.41, 5.74) is 1.74. The lowest BCUT2D eigenvalue weighted by atomic mass is 9.99. The van der Waals surface area contributed by atoms with E-state index in [2.05, 4.69) is 5.92 Å². The van der Waals surface area contributed by atoms with Crippen LogP contribution in [0.4, 0.5) is 0 Å². The van der Waals surface area contributed by atoms with Crippen molar-refractivity contribution >= 4 is 5.97 Å². The lowest BCUT2D eigenvalue weighted by Gasteiger charge is -2.05. The Labute approximate surface area is 77.2 Å². The van der Waals surface area contributed by atoms with Gasteiger partial charge in [0.05, 0.1) is 0 Å². The third-order valence-corrected chi connectivity index (χ3v) is 1.82. The van der Waals surface area contributed by atoms with Crippen LogP contribution in [-0.2, 0) is 4.79 Å². The number of carboxylic acids is 1. The summed E-state index contributed by atoms with van der Waals surface area (Å²) in [5.74, 6) is 0.425. The Bertz CT molecular complexity index is 343. The zero-order valence-corrected chi connectivity index (χ0v) is 7.32. The first kappa shape index (κ1) is 9.34. The third-order valence-electron chi connectivity index (χ3n) is 1.82. The second-order valence-corrected chi connectivity index (χ2v) is 2.85. The van der Waals surface area contributed by atoms with Crippen LogP contribution < -0.4 is 0 Å². The number of carbonyl (C=O) groups is 1. The molecule has 0 radical (unpaired) electrons. The lowest BCUT2D eigenvalue weighted by molar-refractivity contribution is -0.137. The molecule has 0 fully saturated rings. The molecule has 0 aliphatic heterocycles. The number of rotatable bonds is 2. The number of hydrogen-bond acceptors (Lipinski definition) is 1. The van der Waals surface area contributed by atoms with Crippen LogP contribution in [0.25, 0.3) is 0 Å². The summed E-state index contributed by atoms with van der Waals surface area (Å²) in [6.07, 6.45) is 5.11. The van der Waals surface area contributed by atoms with E-state index < -0.39 is 11.9 Å². The van der Waals surface area contributed by atoms with Gasteiger partial charge in [-0.25, -0.2) is 0 Å². The minimum Gasteiger partial charge on any atom is -0.480 e. The van der Waals surface area contributed by atoms with Crippen molar-refractivity contribution in [1.82, 2.24) is 0 Å². The molecule has 2 nitrogen and oxygen atoms in total. The largest absolute Gasteiger partial charge is 0.480 e. The van der Waals surface area contributed by atoms with Crippen molar-refractivity contribution in [2.24, 2.45) is 0 Å². The van der Waals surface area contributed by atoms with Gasteiger partial charge >= 0.3 is 5.97 Å². The summed E-state index contributed by atoms with van der Waals surface area (Å²) in [5, 5.41) is 8.75. The lowest BCUT2D eigenvalue weighted by Crippen LogP contribution is -2.08. The van der Waals surface area contributed by atoms with Gasteiger partial charge in [0, 0.05) is 0 Å². The van der Waals surface area contributed by atoms with E-state index in [1.54, 1.807) is 12.1 Å². The third kappa shape index (κ3) is 2.09. The predicted molar refractivity (Wildman–Crippen MR) is 50.4 cm³/mol. The molecule has 1 rings (SSSR count). The first-order valence-electron chi connectivity index (χ1n) is 3.90. The Kier molecular flexibility index (Phi) is 2.71. The maximum atomic E-state index is 10.7. The normalized spacial score (nSPS) is 11.7. The first-order chi connectivity index (χ1) is 6.15. The monoisotopic (exact) mass is 174 g/mol. The van der Waals surface area contributed by atoms with Gasteiger partial charge in [-0.3, -0.25) is 4.79 Å². The number of benzene rings is 1. The maximum absolute atomic E-state index is 10.7. The van der Waals surface area contributed by atoms with Gasteiger partial charge in [-0.1, -0.05) is 35.7 Å². The van der Waals surface area contributed by atoms with Crippen molar-refractivity contribution in [3.63, 3.8) is 0 Å². The highest BCUT2D eigenvalue weighted by Gasteiger charge is 2.15. The Morgan fingerprint density at radius 2 is 2.00 bits per heavy atom.